The summed E-state index contributed by atoms with van der Waals surface area (Å²) in [6, 6.07) is 13.3. The lowest BCUT2D eigenvalue weighted by Gasteiger charge is -2.40. The fourth-order valence-electron chi connectivity index (χ4n) is 4.14. The number of hydrogen-bond acceptors (Lipinski definition) is 3. The van der Waals surface area contributed by atoms with E-state index < -0.39 is 5.41 Å². The molecule has 0 N–H and O–H groups in total. The van der Waals surface area contributed by atoms with E-state index in [9.17, 15) is 4.79 Å². The van der Waals surface area contributed by atoms with E-state index in [1.54, 1.807) is 18.2 Å². The molecule has 1 spiro atoms. The van der Waals surface area contributed by atoms with Crippen molar-refractivity contribution in [2.75, 3.05) is 19.6 Å². The zero-order valence-corrected chi connectivity index (χ0v) is 16.6. The van der Waals surface area contributed by atoms with Gasteiger partial charge in [0.15, 0.2) is 5.78 Å². The van der Waals surface area contributed by atoms with Gasteiger partial charge in [-0.25, -0.2) is 0 Å². The monoisotopic (exact) mass is 381 g/mol. The summed E-state index contributed by atoms with van der Waals surface area (Å²) >= 11 is 6.21. The zero-order valence-electron chi connectivity index (χ0n) is 15.8. The molecular formula is C23H24ClNO2. The third-order valence-electron chi connectivity index (χ3n) is 5.71. The fraction of sp³-hybridized carbons (Fsp3) is 0.348. The number of Topliss-reactive ketones (excluding diaryl/α,β-unsaturated/α-hetero) is 1. The Morgan fingerprint density at radius 1 is 1.15 bits per heavy atom. The van der Waals surface area contributed by atoms with E-state index >= 15 is 0 Å². The normalized spacial score (nSPS) is 18.3. The number of benzene rings is 2. The minimum Gasteiger partial charge on any atom is -0.456 e. The maximum absolute atomic E-state index is 13.7. The SMILES string of the molecule is CC(C)=CCN1CCC2(CC1)C(=O)c1cc(Cl)ccc1Oc1ccccc12. The third kappa shape index (κ3) is 3.30. The minimum absolute atomic E-state index is 0.131. The zero-order chi connectivity index (χ0) is 19.0. The molecule has 0 bridgehead atoms. The summed E-state index contributed by atoms with van der Waals surface area (Å²) in [6.07, 6.45) is 3.82. The van der Waals surface area contributed by atoms with E-state index in [1.807, 2.05) is 24.3 Å². The van der Waals surface area contributed by atoms with Crippen LogP contribution >= 0.6 is 11.6 Å². The Balaban J connectivity index is 1.75. The number of carbonyl (C=O) groups is 1. The fourth-order valence-corrected chi connectivity index (χ4v) is 4.32. The van der Waals surface area contributed by atoms with Crippen molar-refractivity contribution in [3.05, 3.63) is 70.3 Å². The molecule has 0 radical (unpaired) electrons. The third-order valence-corrected chi connectivity index (χ3v) is 5.95. The van der Waals surface area contributed by atoms with Gasteiger partial charge in [-0.15, -0.1) is 0 Å². The summed E-state index contributed by atoms with van der Waals surface area (Å²) in [5, 5.41) is 0.563. The molecule has 4 heteroatoms. The predicted molar refractivity (Wildman–Crippen MR) is 109 cm³/mol. The molecule has 2 aliphatic rings. The summed E-state index contributed by atoms with van der Waals surface area (Å²) in [5.41, 5.74) is 2.37. The summed E-state index contributed by atoms with van der Waals surface area (Å²) in [5.74, 6) is 1.51. The minimum atomic E-state index is -0.548. The van der Waals surface area contributed by atoms with Crippen LogP contribution in [-0.2, 0) is 5.41 Å². The Labute approximate surface area is 165 Å². The first kappa shape index (κ1) is 18.3. The molecule has 140 valence electrons. The van der Waals surface area contributed by atoms with Crippen LogP contribution in [0.1, 0.15) is 42.6 Å². The molecule has 1 fully saturated rings. The Bertz CT molecular complexity index is 906. The summed E-state index contributed by atoms with van der Waals surface area (Å²) in [7, 11) is 0. The smallest absolute Gasteiger partial charge is 0.177 e. The highest BCUT2D eigenvalue weighted by Crippen LogP contribution is 2.48. The van der Waals surface area contributed by atoms with Crippen LogP contribution < -0.4 is 4.74 Å². The van der Waals surface area contributed by atoms with Crippen LogP contribution in [0.15, 0.2) is 54.1 Å². The van der Waals surface area contributed by atoms with E-state index in [0.29, 0.717) is 16.3 Å². The lowest BCUT2D eigenvalue weighted by Crippen LogP contribution is -2.47. The lowest BCUT2D eigenvalue weighted by molar-refractivity contribution is 0.0784. The first-order valence-electron chi connectivity index (χ1n) is 9.47. The van der Waals surface area contributed by atoms with Gasteiger partial charge in [0, 0.05) is 17.1 Å². The average molecular weight is 382 g/mol. The van der Waals surface area contributed by atoms with Crippen LogP contribution in [0.25, 0.3) is 0 Å². The van der Waals surface area contributed by atoms with Gasteiger partial charge >= 0.3 is 0 Å². The summed E-state index contributed by atoms with van der Waals surface area (Å²) < 4.78 is 6.16. The Morgan fingerprint density at radius 2 is 1.89 bits per heavy atom. The van der Waals surface area contributed by atoms with Gasteiger partial charge in [-0.1, -0.05) is 41.4 Å². The predicted octanol–water partition coefficient (Wildman–Crippen LogP) is 5.63. The molecule has 1 saturated heterocycles. The number of allylic oxidation sites excluding steroid dienone is 1. The lowest BCUT2D eigenvalue weighted by atomic mass is 9.68. The van der Waals surface area contributed by atoms with Gasteiger partial charge in [0.05, 0.1) is 11.0 Å². The van der Waals surface area contributed by atoms with Crippen LogP contribution in [0, 0.1) is 0 Å². The van der Waals surface area contributed by atoms with E-state index in [1.165, 1.54) is 5.57 Å². The number of fused-ring (bicyclic) bond motifs is 3. The van der Waals surface area contributed by atoms with Gasteiger partial charge in [0.1, 0.15) is 11.5 Å². The summed E-state index contributed by atoms with van der Waals surface area (Å²) in [4.78, 5) is 16.1. The van der Waals surface area contributed by atoms with Crippen LogP contribution in [0.2, 0.25) is 5.02 Å². The number of likely N-dealkylation sites (tertiary alicyclic amines) is 1. The van der Waals surface area contributed by atoms with Crippen molar-refractivity contribution in [2.24, 2.45) is 0 Å². The van der Waals surface area contributed by atoms with Gasteiger partial charge in [-0.2, -0.15) is 0 Å². The van der Waals surface area contributed by atoms with Crippen molar-refractivity contribution < 1.29 is 9.53 Å². The molecule has 27 heavy (non-hydrogen) atoms. The number of halogens is 1. The van der Waals surface area contributed by atoms with Crippen LogP contribution in [0.5, 0.6) is 11.5 Å². The maximum atomic E-state index is 13.7. The maximum Gasteiger partial charge on any atom is 0.177 e. The number of ketones is 1. The van der Waals surface area contributed by atoms with Crippen molar-refractivity contribution in [1.82, 2.24) is 4.90 Å². The number of carbonyl (C=O) groups excluding carboxylic acids is 1. The first-order chi connectivity index (χ1) is 13.0. The van der Waals surface area contributed by atoms with Gasteiger partial charge in [0.2, 0.25) is 0 Å². The number of rotatable bonds is 2. The van der Waals surface area contributed by atoms with Gasteiger partial charge in [0.25, 0.3) is 0 Å². The molecule has 0 unspecified atom stereocenters. The molecule has 2 aromatic carbocycles. The molecule has 0 atom stereocenters. The molecule has 0 saturated carbocycles. The Morgan fingerprint density at radius 3 is 2.63 bits per heavy atom. The van der Waals surface area contributed by atoms with E-state index in [4.69, 9.17) is 16.3 Å². The van der Waals surface area contributed by atoms with Crippen LogP contribution in [0.3, 0.4) is 0 Å². The average Bonchev–Trinajstić information content (AvgIpc) is 2.76. The highest BCUT2D eigenvalue weighted by Gasteiger charge is 2.47. The molecule has 0 amide bonds. The molecule has 3 nitrogen and oxygen atoms in total. The van der Waals surface area contributed by atoms with E-state index in [-0.39, 0.29) is 5.78 Å². The quantitative estimate of drug-likeness (QED) is 0.631. The highest BCUT2D eigenvalue weighted by atomic mass is 35.5. The second-order valence-corrected chi connectivity index (χ2v) is 8.17. The first-order valence-corrected chi connectivity index (χ1v) is 9.85. The van der Waals surface area contributed by atoms with Crippen molar-refractivity contribution >= 4 is 17.4 Å². The number of hydrogen-bond donors (Lipinski definition) is 0. The van der Waals surface area contributed by atoms with Crippen molar-refractivity contribution in [3.8, 4) is 11.5 Å². The second-order valence-electron chi connectivity index (χ2n) is 7.73. The van der Waals surface area contributed by atoms with Gasteiger partial charge in [-0.05, 0) is 64.0 Å². The Kier molecular flexibility index (Phi) is 4.83. The molecule has 0 aromatic heterocycles. The number of piperidine rings is 1. The number of nitrogens with zero attached hydrogens (tertiary/aromatic N) is 1. The van der Waals surface area contributed by atoms with Crippen LogP contribution in [-0.4, -0.2) is 30.3 Å². The van der Waals surface area contributed by atoms with Crippen LogP contribution in [0.4, 0.5) is 0 Å². The molecular weight excluding hydrogens is 358 g/mol. The number of ether oxygens (including phenoxy) is 1. The molecule has 2 aromatic rings. The molecule has 0 aliphatic carbocycles. The van der Waals surface area contributed by atoms with Crippen molar-refractivity contribution in [2.45, 2.75) is 32.1 Å². The number of para-hydroxylation sites is 1. The topological polar surface area (TPSA) is 29.5 Å². The molecule has 2 heterocycles. The largest absolute Gasteiger partial charge is 0.456 e. The van der Waals surface area contributed by atoms with E-state index in [0.717, 1.165) is 43.8 Å². The van der Waals surface area contributed by atoms with Gasteiger partial charge in [-0.3, -0.25) is 9.69 Å². The molecule has 2 aliphatic heterocycles. The van der Waals surface area contributed by atoms with Gasteiger partial charge < -0.3 is 4.74 Å². The molecule has 4 rings (SSSR count). The second kappa shape index (κ2) is 7.14. The highest BCUT2D eigenvalue weighted by molar-refractivity contribution is 6.31. The standard InChI is InChI=1S/C23H24ClNO2/c1-16(2)9-12-25-13-10-23(11-14-25)19-5-3-4-6-21(19)27-20-8-7-17(24)15-18(20)22(23)26/h3-9,15H,10-14H2,1-2H3. The summed E-state index contributed by atoms with van der Waals surface area (Å²) in [6.45, 7) is 6.95. The van der Waals surface area contributed by atoms with Crippen molar-refractivity contribution in [1.29, 1.82) is 0 Å². The Hall–Kier alpha value is -2.10. The van der Waals surface area contributed by atoms with E-state index in [2.05, 4.69) is 24.8 Å². The van der Waals surface area contributed by atoms with Crippen molar-refractivity contribution in [3.63, 3.8) is 0 Å².